The second kappa shape index (κ2) is 3.84. The monoisotopic (exact) mass is 194 g/mol. The molecule has 0 amide bonds. The van der Waals surface area contributed by atoms with Crippen LogP contribution >= 0.6 is 0 Å². The lowest BCUT2D eigenvalue weighted by Gasteiger charge is -2.23. The molecular formula is C12H18O2. The van der Waals surface area contributed by atoms with Gasteiger partial charge >= 0.3 is 0 Å². The molecule has 2 nitrogen and oxygen atoms in total. The molecule has 2 aliphatic carbocycles. The topological polar surface area (TPSA) is 34.1 Å². The summed E-state index contributed by atoms with van der Waals surface area (Å²) in [6.45, 7) is 1.98. The zero-order valence-corrected chi connectivity index (χ0v) is 8.79. The van der Waals surface area contributed by atoms with Gasteiger partial charge in [-0.25, -0.2) is 0 Å². The number of hydrogen-bond donors (Lipinski definition) is 0. The van der Waals surface area contributed by atoms with Crippen molar-refractivity contribution in [1.82, 2.24) is 0 Å². The first-order valence-electron chi connectivity index (χ1n) is 5.76. The van der Waals surface area contributed by atoms with Crippen LogP contribution in [0.15, 0.2) is 0 Å². The molecule has 2 aliphatic rings. The van der Waals surface area contributed by atoms with Gasteiger partial charge < -0.3 is 0 Å². The third-order valence-corrected chi connectivity index (χ3v) is 3.83. The molecule has 0 heterocycles. The lowest BCUT2D eigenvalue weighted by atomic mass is 9.79. The van der Waals surface area contributed by atoms with Gasteiger partial charge in [-0.2, -0.15) is 0 Å². The number of Topliss-reactive ketones (excluding diaryl/α,β-unsaturated/α-hetero) is 2. The van der Waals surface area contributed by atoms with Crippen LogP contribution in [-0.2, 0) is 9.59 Å². The summed E-state index contributed by atoms with van der Waals surface area (Å²) in [4.78, 5) is 23.6. The summed E-state index contributed by atoms with van der Waals surface area (Å²) in [6, 6.07) is 0. The Morgan fingerprint density at radius 1 is 1.07 bits per heavy atom. The maximum absolute atomic E-state index is 12.0. The van der Waals surface area contributed by atoms with E-state index < -0.39 is 0 Å². The SMILES string of the molecule is CC1CCCCC2CCC(=O)C2C1=O. The largest absolute Gasteiger partial charge is 0.299 e. The molecule has 14 heavy (non-hydrogen) atoms. The molecule has 2 fully saturated rings. The van der Waals surface area contributed by atoms with E-state index in [0.29, 0.717) is 12.3 Å². The predicted molar refractivity (Wildman–Crippen MR) is 53.9 cm³/mol. The van der Waals surface area contributed by atoms with Gasteiger partial charge in [-0.05, 0) is 25.2 Å². The standard InChI is InChI=1S/C12H18O2/c1-8-4-2-3-5-9-6-7-10(13)11(9)12(8)14/h8-9,11H,2-7H2,1H3. The Bertz CT molecular complexity index is 257. The van der Waals surface area contributed by atoms with Gasteiger partial charge in [-0.3, -0.25) is 9.59 Å². The number of hydrogen-bond acceptors (Lipinski definition) is 2. The van der Waals surface area contributed by atoms with Crippen LogP contribution in [0.3, 0.4) is 0 Å². The molecular weight excluding hydrogens is 176 g/mol. The summed E-state index contributed by atoms with van der Waals surface area (Å²) in [7, 11) is 0. The first-order chi connectivity index (χ1) is 6.70. The van der Waals surface area contributed by atoms with E-state index in [1.807, 2.05) is 6.92 Å². The van der Waals surface area contributed by atoms with Crippen LogP contribution in [0, 0.1) is 17.8 Å². The second-order valence-corrected chi connectivity index (χ2v) is 4.83. The van der Waals surface area contributed by atoms with E-state index in [4.69, 9.17) is 0 Å². The molecule has 3 atom stereocenters. The third-order valence-electron chi connectivity index (χ3n) is 3.83. The van der Waals surface area contributed by atoms with Gasteiger partial charge in [0.1, 0.15) is 11.6 Å². The van der Waals surface area contributed by atoms with Crippen molar-refractivity contribution in [2.24, 2.45) is 17.8 Å². The fourth-order valence-corrected chi connectivity index (χ4v) is 2.92. The molecule has 2 rings (SSSR count). The van der Waals surface area contributed by atoms with E-state index >= 15 is 0 Å². The highest BCUT2D eigenvalue weighted by atomic mass is 16.2. The summed E-state index contributed by atoms with van der Waals surface area (Å²) in [6.07, 6.45) is 6.04. The van der Waals surface area contributed by atoms with Crippen molar-refractivity contribution in [3.63, 3.8) is 0 Å². The van der Waals surface area contributed by atoms with Crippen molar-refractivity contribution in [3.05, 3.63) is 0 Å². The minimum atomic E-state index is -0.217. The Morgan fingerprint density at radius 2 is 1.79 bits per heavy atom. The van der Waals surface area contributed by atoms with Crippen LogP contribution in [0.25, 0.3) is 0 Å². The highest BCUT2D eigenvalue weighted by Crippen LogP contribution is 2.37. The van der Waals surface area contributed by atoms with Crippen LogP contribution in [-0.4, -0.2) is 11.6 Å². The molecule has 2 saturated carbocycles. The van der Waals surface area contributed by atoms with E-state index in [2.05, 4.69) is 0 Å². The third kappa shape index (κ3) is 1.62. The fourth-order valence-electron chi connectivity index (χ4n) is 2.92. The van der Waals surface area contributed by atoms with Gasteiger partial charge in [-0.1, -0.05) is 19.8 Å². The molecule has 0 bridgehead atoms. The van der Waals surface area contributed by atoms with Crippen molar-refractivity contribution < 1.29 is 9.59 Å². The van der Waals surface area contributed by atoms with Crippen LogP contribution < -0.4 is 0 Å². The Morgan fingerprint density at radius 3 is 2.57 bits per heavy atom. The average Bonchev–Trinajstić information content (AvgIpc) is 2.51. The summed E-state index contributed by atoms with van der Waals surface area (Å²) in [5, 5.41) is 0. The zero-order chi connectivity index (χ0) is 10.1. The van der Waals surface area contributed by atoms with Gasteiger partial charge in [0.05, 0.1) is 5.92 Å². The van der Waals surface area contributed by atoms with Gasteiger partial charge in [0, 0.05) is 12.3 Å². The van der Waals surface area contributed by atoms with E-state index in [-0.39, 0.29) is 23.4 Å². The molecule has 0 aliphatic heterocycles. The Hall–Kier alpha value is -0.660. The van der Waals surface area contributed by atoms with Crippen molar-refractivity contribution >= 4 is 11.6 Å². The number of carbonyl (C=O) groups excluding carboxylic acids is 2. The fraction of sp³-hybridized carbons (Fsp3) is 0.833. The number of carbonyl (C=O) groups is 2. The average molecular weight is 194 g/mol. The lowest BCUT2D eigenvalue weighted by molar-refractivity contribution is -0.135. The smallest absolute Gasteiger partial charge is 0.146 e. The Labute approximate surface area is 85.1 Å². The normalized spacial score (nSPS) is 39.1. The van der Waals surface area contributed by atoms with E-state index in [1.165, 1.54) is 6.42 Å². The first kappa shape index (κ1) is 9.88. The Balaban J connectivity index is 2.18. The van der Waals surface area contributed by atoms with E-state index in [1.54, 1.807) is 0 Å². The van der Waals surface area contributed by atoms with Crippen LogP contribution in [0.4, 0.5) is 0 Å². The van der Waals surface area contributed by atoms with Crippen molar-refractivity contribution in [2.45, 2.75) is 45.4 Å². The summed E-state index contributed by atoms with van der Waals surface area (Å²) in [5.74, 6) is 0.735. The maximum Gasteiger partial charge on any atom is 0.146 e. The molecule has 0 N–H and O–H groups in total. The van der Waals surface area contributed by atoms with E-state index in [0.717, 1.165) is 25.7 Å². The number of rotatable bonds is 0. The molecule has 0 aromatic rings. The minimum Gasteiger partial charge on any atom is -0.299 e. The van der Waals surface area contributed by atoms with Crippen molar-refractivity contribution in [1.29, 1.82) is 0 Å². The summed E-state index contributed by atoms with van der Waals surface area (Å²) in [5.41, 5.74) is 0. The molecule has 0 saturated heterocycles. The van der Waals surface area contributed by atoms with Gasteiger partial charge in [0.15, 0.2) is 0 Å². The molecule has 78 valence electrons. The maximum atomic E-state index is 12.0. The molecule has 0 aromatic carbocycles. The van der Waals surface area contributed by atoms with Gasteiger partial charge in [0.2, 0.25) is 0 Å². The Kier molecular flexibility index (Phi) is 2.71. The number of fused-ring (bicyclic) bond motifs is 1. The highest BCUT2D eigenvalue weighted by Gasteiger charge is 2.41. The summed E-state index contributed by atoms with van der Waals surface area (Å²) >= 11 is 0. The van der Waals surface area contributed by atoms with Crippen LogP contribution in [0.1, 0.15) is 45.4 Å². The van der Waals surface area contributed by atoms with Crippen LogP contribution in [0.5, 0.6) is 0 Å². The van der Waals surface area contributed by atoms with E-state index in [9.17, 15) is 9.59 Å². The number of ketones is 2. The highest BCUT2D eigenvalue weighted by molar-refractivity contribution is 6.04. The molecule has 0 aromatic heterocycles. The molecule has 3 unspecified atom stereocenters. The minimum absolute atomic E-state index is 0.116. The molecule has 0 radical (unpaired) electrons. The zero-order valence-electron chi connectivity index (χ0n) is 8.79. The first-order valence-corrected chi connectivity index (χ1v) is 5.76. The van der Waals surface area contributed by atoms with Crippen LogP contribution in [0.2, 0.25) is 0 Å². The van der Waals surface area contributed by atoms with Crippen molar-refractivity contribution in [3.8, 4) is 0 Å². The van der Waals surface area contributed by atoms with Gasteiger partial charge in [0.25, 0.3) is 0 Å². The van der Waals surface area contributed by atoms with Crippen molar-refractivity contribution in [2.75, 3.05) is 0 Å². The predicted octanol–water partition coefficient (Wildman–Crippen LogP) is 2.36. The lowest BCUT2D eigenvalue weighted by Crippen LogP contribution is -2.31. The molecule has 2 heteroatoms. The quantitative estimate of drug-likeness (QED) is 0.555. The second-order valence-electron chi connectivity index (χ2n) is 4.83. The summed E-state index contributed by atoms with van der Waals surface area (Å²) < 4.78 is 0. The van der Waals surface area contributed by atoms with Gasteiger partial charge in [-0.15, -0.1) is 0 Å². The molecule has 0 spiro atoms.